The zero-order valence-corrected chi connectivity index (χ0v) is 16.0. The van der Waals surface area contributed by atoms with Crippen molar-refractivity contribution in [2.24, 2.45) is 0 Å². The number of carbonyl (C=O) groups excluding carboxylic acids is 1. The largest absolute Gasteiger partial charge is 0.477 e. The maximum atomic E-state index is 12.7. The third-order valence-corrected chi connectivity index (χ3v) is 5.80. The van der Waals surface area contributed by atoms with Crippen LogP contribution in [-0.2, 0) is 10.0 Å². The van der Waals surface area contributed by atoms with Gasteiger partial charge in [-0.1, -0.05) is 6.92 Å². The summed E-state index contributed by atoms with van der Waals surface area (Å²) in [5.41, 5.74) is -0.0400. The second-order valence-corrected chi connectivity index (χ2v) is 7.35. The van der Waals surface area contributed by atoms with E-state index in [4.69, 9.17) is 16.3 Å². The fourth-order valence-corrected chi connectivity index (χ4v) is 3.93. The van der Waals surface area contributed by atoms with Crippen molar-refractivity contribution >= 4 is 39.3 Å². The average molecular weight is 398 g/mol. The number of nitrogens with zero attached hydrogens (tertiary/aromatic N) is 3. The molecule has 0 bridgehead atoms. The van der Waals surface area contributed by atoms with E-state index in [1.165, 1.54) is 16.6 Å². The molecule has 10 heteroatoms. The average Bonchev–Trinajstić information content (AvgIpc) is 2.55. The summed E-state index contributed by atoms with van der Waals surface area (Å²) in [6.07, 6.45) is 1.20. The summed E-state index contributed by atoms with van der Waals surface area (Å²) >= 11 is 5.52. The molecule has 0 amide bonds. The van der Waals surface area contributed by atoms with Crippen LogP contribution in [0.25, 0.3) is 0 Å². The van der Waals surface area contributed by atoms with Crippen molar-refractivity contribution in [2.75, 3.05) is 39.3 Å². The van der Waals surface area contributed by atoms with Gasteiger partial charge in [-0.2, -0.15) is 4.31 Å². The minimum Gasteiger partial charge on any atom is -0.477 e. The molecule has 7 nitrogen and oxygen atoms in total. The van der Waals surface area contributed by atoms with Gasteiger partial charge in [-0.15, -0.1) is 12.4 Å². The number of halogens is 2. The van der Waals surface area contributed by atoms with Crippen molar-refractivity contribution in [1.29, 1.82) is 0 Å². The van der Waals surface area contributed by atoms with Crippen LogP contribution < -0.4 is 4.74 Å². The zero-order chi connectivity index (χ0) is 17.0. The predicted octanol–water partition coefficient (Wildman–Crippen LogP) is 1.61. The highest BCUT2D eigenvalue weighted by Gasteiger charge is 2.29. The third-order valence-electron chi connectivity index (χ3n) is 3.74. The van der Waals surface area contributed by atoms with E-state index >= 15 is 0 Å². The van der Waals surface area contributed by atoms with E-state index in [0.717, 1.165) is 6.54 Å². The quantitative estimate of drug-likeness (QED) is 0.678. The molecule has 0 unspecified atom stereocenters. The van der Waals surface area contributed by atoms with E-state index in [-0.39, 0.29) is 28.7 Å². The van der Waals surface area contributed by atoms with Crippen LogP contribution in [0.2, 0.25) is 0 Å². The van der Waals surface area contributed by atoms with Crippen LogP contribution in [0.15, 0.2) is 17.2 Å². The van der Waals surface area contributed by atoms with Gasteiger partial charge in [0.25, 0.3) is 5.24 Å². The minimum atomic E-state index is -3.70. The van der Waals surface area contributed by atoms with E-state index < -0.39 is 15.3 Å². The Kier molecular flexibility index (Phi) is 7.88. The lowest BCUT2D eigenvalue weighted by molar-refractivity contribution is 0.107. The highest BCUT2D eigenvalue weighted by molar-refractivity contribution is 7.89. The van der Waals surface area contributed by atoms with Crippen molar-refractivity contribution < 1.29 is 17.9 Å². The number of sulfonamides is 1. The Bertz CT molecular complexity index is 677. The van der Waals surface area contributed by atoms with E-state index in [2.05, 4.69) is 9.88 Å². The van der Waals surface area contributed by atoms with E-state index in [9.17, 15) is 13.2 Å². The van der Waals surface area contributed by atoms with Crippen LogP contribution >= 0.6 is 24.0 Å². The van der Waals surface area contributed by atoms with Gasteiger partial charge in [0.05, 0.1) is 18.4 Å². The third kappa shape index (κ3) is 4.58. The lowest BCUT2D eigenvalue weighted by Crippen LogP contribution is -2.48. The fraction of sp³-hybridized carbons (Fsp3) is 0.571. The molecular weight excluding hydrogens is 377 g/mol. The summed E-state index contributed by atoms with van der Waals surface area (Å²) < 4.78 is 32.0. The number of hydrogen-bond donors (Lipinski definition) is 0. The van der Waals surface area contributed by atoms with Gasteiger partial charge in [0, 0.05) is 26.2 Å². The normalized spacial score (nSPS) is 16.5. The van der Waals surface area contributed by atoms with Gasteiger partial charge in [0.2, 0.25) is 15.9 Å². The molecule has 0 atom stereocenters. The first kappa shape index (κ1) is 21.1. The maximum absolute atomic E-state index is 12.7. The molecule has 0 aliphatic carbocycles. The fourth-order valence-electron chi connectivity index (χ4n) is 2.40. The van der Waals surface area contributed by atoms with Crippen molar-refractivity contribution in [2.45, 2.75) is 18.7 Å². The summed E-state index contributed by atoms with van der Waals surface area (Å²) in [6, 6.07) is 1.23. The molecule has 1 aromatic rings. The molecule has 24 heavy (non-hydrogen) atoms. The van der Waals surface area contributed by atoms with Crippen LogP contribution in [0.3, 0.4) is 0 Å². The molecule has 1 aliphatic rings. The van der Waals surface area contributed by atoms with Gasteiger partial charge in [-0.3, -0.25) is 4.79 Å². The Morgan fingerprint density at radius 2 is 1.92 bits per heavy atom. The van der Waals surface area contributed by atoms with Gasteiger partial charge < -0.3 is 9.64 Å². The maximum Gasteiger partial charge on any atom is 0.257 e. The van der Waals surface area contributed by atoms with E-state index in [0.29, 0.717) is 32.8 Å². The number of likely N-dealkylation sites (N-methyl/N-ethyl adjacent to an activating group) is 1. The Morgan fingerprint density at radius 1 is 1.29 bits per heavy atom. The van der Waals surface area contributed by atoms with Gasteiger partial charge in [-0.05, 0) is 31.1 Å². The lowest BCUT2D eigenvalue weighted by Gasteiger charge is -2.33. The van der Waals surface area contributed by atoms with Gasteiger partial charge in [-0.25, -0.2) is 13.4 Å². The van der Waals surface area contributed by atoms with Crippen LogP contribution in [0, 0.1) is 0 Å². The lowest BCUT2D eigenvalue weighted by atomic mass is 10.3. The molecular formula is C14H21Cl2N3O4S. The molecule has 1 saturated heterocycles. The summed E-state index contributed by atoms with van der Waals surface area (Å²) in [5.74, 6) is 0.0438. The number of pyridine rings is 1. The SMILES string of the molecule is CCOc1ncc(S(=O)(=O)N2CCN(CC)CC2)cc1C(=O)Cl.Cl. The molecule has 0 radical (unpaired) electrons. The van der Waals surface area contributed by atoms with Crippen LogP contribution in [0.1, 0.15) is 24.2 Å². The van der Waals surface area contributed by atoms with Crippen molar-refractivity contribution in [3.05, 3.63) is 17.8 Å². The van der Waals surface area contributed by atoms with Crippen LogP contribution in [0.4, 0.5) is 0 Å². The Balaban J connectivity index is 0.00000288. The first-order chi connectivity index (χ1) is 10.9. The predicted molar refractivity (Wildman–Crippen MR) is 93.7 cm³/mol. The Labute approximate surface area is 153 Å². The first-order valence-electron chi connectivity index (χ1n) is 7.45. The minimum absolute atomic E-state index is 0. The van der Waals surface area contributed by atoms with Gasteiger partial charge in [0.15, 0.2) is 0 Å². The molecule has 1 fully saturated rings. The highest BCUT2D eigenvalue weighted by Crippen LogP contribution is 2.24. The molecule has 2 rings (SSSR count). The van der Waals surface area contributed by atoms with Crippen molar-refractivity contribution in [3.8, 4) is 5.88 Å². The molecule has 0 aromatic carbocycles. The summed E-state index contributed by atoms with van der Waals surface area (Å²) in [5, 5.41) is -0.797. The first-order valence-corrected chi connectivity index (χ1v) is 9.27. The summed E-state index contributed by atoms with van der Waals surface area (Å²) in [6.45, 7) is 7.16. The molecule has 0 saturated carbocycles. The topological polar surface area (TPSA) is 79.8 Å². The smallest absolute Gasteiger partial charge is 0.257 e. The van der Waals surface area contributed by atoms with Gasteiger partial charge in [0.1, 0.15) is 4.90 Å². The summed E-state index contributed by atoms with van der Waals surface area (Å²) in [7, 11) is -3.70. The van der Waals surface area contributed by atoms with Gasteiger partial charge >= 0.3 is 0 Å². The molecule has 0 spiro atoms. The Morgan fingerprint density at radius 3 is 2.42 bits per heavy atom. The monoisotopic (exact) mass is 397 g/mol. The standard InChI is InChI=1S/C14H20ClN3O4S.ClH/c1-3-17-5-7-18(8-6-17)23(20,21)11-9-12(13(15)19)14(16-10-11)22-4-2;/h9-10H,3-8H2,1-2H3;1H. The zero-order valence-electron chi connectivity index (χ0n) is 13.6. The van der Waals surface area contributed by atoms with E-state index in [1.807, 2.05) is 6.92 Å². The number of hydrogen-bond acceptors (Lipinski definition) is 6. The van der Waals surface area contributed by atoms with Crippen molar-refractivity contribution in [3.63, 3.8) is 0 Å². The number of rotatable bonds is 6. The summed E-state index contributed by atoms with van der Waals surface area (Å²) in [4.78, 5) is 17.6. The second-order valence-electron chi connectivity index (χ2n) is 5.07. The number of ether oxygens (including phenoxy) is 1. The molecule has 1 aliphatic heterocycles. The number of carbonyl (C=O) groups is 1. The molecule has 136 valence electrons. The highest BCUT2D eigenvalue weighted by atomic mass is 35.5. The number of piperazine rings is 1. The second kappa shape index (κ2) is 8.96. The molecule has 0 N–H and O–H groups in total. The van der Waals surface area contributed by atoms with Crippen LogP contribution in [0.5, 0.6) is 5.88 Å². The Hall–Kier alpha value is -0.930. The molecule has 2 heterocycles. The number of aromatic nitrogens is 1. The van der Waals surface area contributed by atoms with Crippen molar-refractivity contribution in [1.82, 2.24) is 14.2 Å². The van der Waals surface area contributed by atoms with E-state index in [1.54, 1.807) is 6.92 Å². The molecule has 1 aromatic heterocycles. The van der Waals surface area contributed by atoms with Crippen LogP contribution in [-0.4, -0.2) is 67.2 Å².